The van der Waals surface area contributed by atoms with E-state index in [-0.39, 0.29) is 5.82 Å². The zero-order chi connectivity index (χ0) is 12.1. The Morgan fingerprint density at radius 2 is 2.18 bits per heavy atom. The van der Waals surface area contributed by atoms with E-state index < -0.39 is 0 Å². The van der Waals surface area contributed by atoms with Crippen LogP contribution in [0.4, 0.5) is 4.39 Å². The van der Waals surface area contributed by atoms with E-state index in [0.717, 1.165) is 24.3 Å². The van der Waals surface area contributed by atoms with Crippen molar-refractivity contribution in [3.05, 3.63) is 35.6 Å². The maximum Gasteiger partial charge on any atom is 0.126 e. The summed E-state index contributed by atoms with van der Waals surface area (Å²) in [5.74, 6) is 1.34. The number of benzene rings is 1. The second-order valence-corrected chi connectivity index (χ2v) is 5.67. The van der Waals surface area contributed by atoms with Gasteiger partial charge in [-0.05, 0) is 42.9 Å². The van der Waals surface area contributed by atoms with Gasteiger partial charge in [0.1, 0.15) is 5.82 Å². The van der Waals surface area contributed by atoms with Gasteiger partial charge in [-0.3, -0.25) is 0 Å². The van der Waals surface area contributed by atoms with Gasteiger partial charge in [-0.25, -0.2) is 4.39 Å². The third kappa shape index (κ3) is 4.00. The van der Waals surface area contributed by atoms with Crippen LogP contribution in [0, 0.1) is 5.82 Å². The van der Waals surface area contributed by atoms with E-state index in [9.17, 15) is 4.39 Å². The summed E-state index contributed by atoms with van der Waals surface area (Å²) in [6.07, 6.45) is 5.72. The highest BCUT2D eigenvalue weighted by molar-refractivity contribution is 7.98. The molecule has 3 heteroatoms. The molecular weight excluding hydrogens is 233 g/mol. The Labute approximate surface area is 107 Å². The Bertz CT molecular complexity index is 352. The quantitative estimate of drug-likeness (QED) is 0.799. The molecule has 2 rings (SSSR count). The van der Waals surface area contributed by atoms with Crippen molar-refractivity contribution in [2.45, 2.75) is 31.2 Å². The summed E-state index contributed by atoms with van der Waals surface area (Å²) in [5, 5.41) is 3.52. The third-order valence-electron chi connectivity index (χ3n) is 3.25. The predicted molar refractivity (Wildman–Crippen MR) is 73.2 cm³/mol. The summed E-state index contributed by atoms with van der Waals surface area (Å²) in [5.41, 5.74) is 0.870. The van der Waals surface area contributed by atoms with Gasteiger partial charge in [0.05, 0.1) is 0 Å². The highest BCUT2D eigenvalue weighted by Gasteiger charge is 2.23. The van der Waals surface area contributed by atoms with E-state index in [1.807, 2.05) is 23.9 Å². The van der Waals surface area contributed by atoms with Crippen molar-refractivity contribution in [1.82, 2.24) is 5.32 Å². The molecule has 1 unspecified atom stereocenters. The molecule has 1 aromatic carbocycles. The van der Waals surface area contributed by atoms with Crippen molar-refractivity contribution >= 4 is 11.8 Å². The highest BCUT2D eigenvalue weighted by Crippen LogP contribution is 2.25. The van der Waals surface area contributed by atoms with Gasteiger partial charge >= 0.3 is 0 Å². The molecule has 1 aromatic rings. The van der Waals surface area contributed by atoms with Crippen LogP contribution in [0.2, 0.25) is 0 Å². The largest absolute Gasteiger partial charge is 0.313 e. The molecular formula is C14H20FNS. The molecule has 1 aliphatic rings. The van der Waals surface area contributed by atoms with Gasteiger partial charge in [0.2, 0.25) is 0 Å². The van der Waals surface area contributed by atoms with Gasteiger partial charge in [0.25, 0.3) is 0 Å². The SMILES string of the molecule is CSCCC(CNC1CC1)c1ccccc1F. The summed E-state index contributed by atoms with van der Waals surface area (Å²) in [6, 6.07) is 7.88. The van der Waals surface area contributed by atoms with E-state index in [2.05, 4.69) is 11.6 Å². The first kappa shape index (κ1) is 12.9. The summed E-state index contributed by atoms with van der Waals surface area (Å²) in [6.45, 7) is 0.909. The van der Waals surface area contributed by atoms with Crippen molar-refractivity contribution < 1.29 is 4.39 Å². The first-order valence-corrected chi connectivity index (χ1v) is 7.67. The lowest BCUT2D eigenvalue weighted by Crippen LogP contribution is -2.24. The average molecular weight is 253 g/mol. The molecule has 94 valence electrons. The van der Waals surface area contributed by atoms with E-state index in [1.54, 1.807) is 12.1 Å². The first-order valence-electron chi connectivity index (χ1n) is 6.28. The molecule has 1 atom stereocenters. The number of rotatable bonds is 7. The van der Waals surface area contributed by atoms with Crippen molar-refractivity contribution in [3.63, 3.8) is 0 Å². The van der Waals surface area contributed by atoms with Crippen LogP contribution >= 0.6 is 11.8 Å². The molecule has 1 nitrogen and oxygen atoms in total. The van der Waals surface area contributed by atoms with Crippen LogP contribution in [0.25, 0.3) is 0 Å². The van der Waals surface area contributed by atoms with Crippen molar-refractivity contribution in [3.8, 4) is 0 Å². The Hall–Kier alpha value is -0.540. The molecule has 1 aliphatic carbocycles. The molecule has 1 N–H and O–H groups in total. The van der Waals surface area contributed by atoms with E-state index in [1.165, 1.54) is 12.8 Å². The molecule has 0 bridgehead atoms. The van der Waals surface area contributed by atoms with Gasteiger partial charge in [-0.15, -0.1) is 0 Å². The molecule has 1 fully saturated rings. The smallest absolute Gasteiger partial charge is 0.126 e. The Balaban J connectivity index is 1.99. The normalized spacial score (nSPS) is 17.1. The minimum atomic E-state index is -0.0591. The van der Waals surface area contributed by atoms with Crippen LogP contribution in [-0.4, -0.2) is 24.6 Å². The van der Waals surface area contributed by atoms with Crippen molar-refractivity contribution in [1.29, 1.82) is 0 Å². The number of hydrogen-bond acceptors (Lipinski definition) is 2. The fourth-order valence-corrected chi connectivity index (χ4v) is 2.55. The van der Waals surface area contributed by atoms with Crippen molar-refractivity contribution in [2.75, 3.05) is 18.6 Å². The lowest BCUT2D eigenvalue weighted by atomic mass is 9.96. The molecule has 0 saturated heterocycles. The monoisotopic (exact) mass is 253 g/mol. The molecule has 1 saturated carbocycles. The maximum atomic E-state index is 13.8. The highest BCUT2D eigenvalue weighted by atomic mass is 32.2. The first-order chi connectivity index (χ1) is 8.31. The molecule has 0 aromatic heterocycles. The van der Waals surface area contributed by atoms with Crippen LogP contribution in [0.5, 0.6) is 0 Å². The lowest BCUT2D eigenvalue weighted by molar-refractivity contribution is 0.531. The Morgan fingerprint density at radius 1 is 1.41 bits per heavy atom. The van der Waals surface area contributed by atoms with Gasteiger partial charge in [0.15, 0.2) is 0 Å². The van der Waals surface area contributed by atoms with E-state index >= 15 is 0 Å². The third-order valence-corrected chi connectivity index (χ3v) is 3.89. The number of hydrogen-bond donors (Lipinski definition) is 1. The summed E-state index contributed by atoms with van der Waals surface area (Å²) in [4.78, 5) is 0. The molecule has 0 heterocycles. The van der Waals surface area contributed by atoms with Gasteiger partial charge in [-0.1, -0.05) is 18.2 Å². The van der Waals surface area contributed by atoms with Gasteiger partial charge in [-0.2, -0.15) is 11.8 Å². The van der Waals surface area contributed by atoms with Crippen molar-refractivity contribution in [2.24, 2.45) is 0 Å². The molecule has 0 amide bonds. The zero-order valence-corrected chi connectivity index (χ0v) is 11.1. The average Bonchev–Trinajstić information content (AvgIpc) is 3.15. The van der Waals surface area contributed by atoms with Crippen LogP contribution in [0.3, 0.4) is 0 Å². The maximum absolute atomic E-state index is 13.8. The van der Waals surface area contributed by atoms with Crippen LogP contribution in [-0.2, 0) is 0 Å². The summed E-state index contributed by atoms with van der Waals surface area (Å²) in [7, 11) is 0. The topological polar surface area (TPSA) is 12.0 Å². The Kier molecular flexibility index (Phi) is 4.86. The van der Waals surface area contributed by atoms with E-state index in [0.29, 0.717) is 12.0 Å². The fourth-order valence-electron chi connectivity index (χ4n) is 2.03. The zero-order valence-electron chi connectivity index (χ0n) is 10.3. The van der Waals surface area contributed by atoms with E-state index in [4.69, 9.17) is 0 Å². The van der Waals surface area contributed by atoms with Crippen LogP contribution in [0.15, 0.2) is 24.3 Å². The molecule has 17 heavy (non-hydrogen) atoms. The fraction of sp³-hybridized carbons (Fsp3) is 0.571. The second-order valence-electron chi connectivity index (χ2n) is 4.68. The minimum absolute atomic E-state index is 0.0591. The molecule has 0 radical (unpaired) electrons. The van der Waals surface area contributed by atoms with Crippen LogP contribution in [0.1, 0.15) is 30.7 Å². The van der Waals surface area contributed by atoms with Gasteiger partial charge in [0, 0.05) is 18.5 Å². The van der Waals surface area contributed by atoms with Crippen LogP contribution < -0.4 is 5.32 Å². The number of thioether (sulfide) groups is 1. The number of halogens is 1. The summed E-state index contributed by atoms with van der Waals surface area (Å²) < 4.78 is 13.8. The molecule has 0 spiro atoms. The lowest BCUT2D eigenvalue weighted by Gasteiger charge is -2.18. The summed E-state index contributed by atoms with van der Waals surface area (Å²) >= 11 is 1.83. The molecule has 0 aliphatic heterocycles. The van der Waals surface area contributed by atoms with Gasteiger partial charge < -0.3 is 5.32 Å². The Morgan fingerprint density at radius 3 is 2.82 bits per heavy atom. The second kappa shape index (κ2) is 6.41. The predicted octanol–water partition coefficient (Wildman–Crippen LogP) is 3.41. The standard InChI is InChI=1S/C14H20FNS/c1-17-9-8-11(10-16-12-6-7-12)13-4-2-3-5-14(13)15/h2-5,11-12,16H,6-10H2,1H3. The minimum Gasteiger partial charge on any atom is -0.313 e. The number of nitrogens with one attached hydrogen (secondary N) is 1.